The van der Waals surface area contributed by atoms with Crippen LogP contribution < -0.4 is 25.4 Å². The van der Waals surface area contributed by atoms with Crippen molar-refractivity contribution in [1.29, 1.82) is 0 Å². The second kappa shape index (κ2) is 12.9. The number of guanidine groups is 1. The molecule has 0 saturated heterocycles. The fourth-order valence-corrected chi connectivity index (χ4v) is 2.73. The van der Waals surface area contributed by atoms with Crippen molar-refractivity contribution in [2.24, 2.45) is 4.99 Å². The SMILES string of the molecule is CN=C(NCCc1ccc(OC)c(OC)c1)NCc1cccc(NC(C)=O)c1.I. The van der Waals surface area contributed by atoms with Gasteiger partial charge in [0.1, 0.15) is 0 Å². The molecule has 0 bridgehead atoms. The molecule has 158 valence electrons. The Morgan fingerprint density at radius 3 is 2.41 bits per heavy atom. The Kier molecular flexibility index (Phi) is 10.9. The van der Waals surface area contributed by atoms with Crippen LogP contribution in [0.15, 0.2) is 47.5 Å². The molecule has 29 heavy (non-hydrogen) atoms. The van der Waals surface area contributed by atoms with E-state index in [1.54, 1.807) is 21.3 Å². The Balaban J connectivity index is 0.00000420. The lowest BCUT2D eigenvalue weighted by molar-refractivity contribution is -0.114. The zero-order valence-corrected chi connectivity index (χ0v) is 19.6. The van der Waals surface area contributed by atoms with Gasteiger partial charge < -0.3 is 25.4 Å². The molecule has 0 aliphatic rings. The molecule has 0 aliphatic carbocycles. The second-order valence-electron chi connectivity index (χ2n) is 6.17. The molecular weight excluding hydrogens is 483 g/mol. The van der Waals surface area contributed by atoms with Crippen LogP contribution in [-0.4, -0.2) is 39.7 Å². The lowest BCUT2D eigenvalue weighted by atomic mass is 10.1. The van der Waals surface area contributed by atoms with Crippen LogP contribution in [-0.2, 0) is 17.8 Å². The van der Waals surface area contributed by atoms with Crippen LogP contribution in [0.4, 0.5) is 5.69 Å². The molecule has 0 aliphatic heterocycles. The van der Waals surface area contributed by atoms with Gasteiger partial charge in [-0.15, -0.1) is 24.0 Å². The summed E-state index contributed by atoms with van der Waals surface area (Å²) < 4.78 is 10.6. The summed E-state index contributed by atoms with van der Waals surface area (Å²) in [6.45, 7) is 2.82. The summed E-state index contributed by atoms with van der Waals surface area (Å²) in [5, 5.41) is 9.36. The van der Waals surface area contributed by atoms with Crippen LogP contribution in [0.3, 0.4) is 0 Å². The summed E-state index contributed by atoms with van der Waals surface area (Å²) in [6, 6.07) is 13.6. The highest BCUT2D eigenvalue weighted by Crippen LogP contribution is 2.27. The number of anilines is 1. The number of nitrogens with zero attached hydrogens (tertiary/aromatic N) is 1. The van der Waals surface area contributed by atoms with Gasteiger partial charge in [0.2, 0.25) is 5.91 Å². The van der Waals surface area contributed by atoms with E-state index >= 15 is 0 Å². The van der Waals surface area contributed by atoms with E-state index in [0.29, 0.717) is 12.5 Å². The summed E-state index contributed by atoms with van der Waals surface area (Å²) in [6.07, 6.45) is 0.819. The van der Waals surface area contributed by atoms with Gasteiger partial charge in [0.15, 0.2) is 17.5 Å². The molecule has 7 nitrogen and oxygen atoms in total. The first kappa shape index (κ1) is 24.5. The first-order valence-corrected chi connectivity index (χ1v) is 9.07. The maximum Gasteiger partial charge on any atom is 0.221 e. The standard InChI is InChI=1S/C21H28N4O3.HI/c1-15(26)25-18-7-5-6-17(12-18)14-24-21(22-2)23-11-10-16-8-9-19(27-3)20(13-16)28-4;/h5-9,12-13H,10-11,14H2,1-4H3,(H,25,26)(H2,22,23,24);1H. The van der Waals surface area contributed by atoms with E-state index in [-0.39, 0.29) is 29.9 Å². The highest BCUT2D eigenvalue weighted by molar-refractivity contribution is 14.0. The molecule has 8 heteroatoms. The second-order valence-corrected chi connectivity index (χ2v) is 6.17. The summed E-state index contributed by atoms with van der Waals surface area (Å²) in [4.78, 5) is 15.4. The van der Waals surface area contributed by atoms with Gasteiger partial charge in [0.25, 0.3) is 0 Å². The van der Waals surface area contributed by atoms with Gasteiger partial charge in [-0.05, 0) is 41.8 Å². The fraction of sp³-hybridized carbons (Fsp3) is 0.333. The molecule has 2 aromatic rings. The number of benzene rings is 2. The number of halogens is 1. The van der Waals surface area contributed by atoms with E-state index in [9.17, 15) is 4.79 Å². The number of amides is 1. The number of carbonyl (C=O) groups excluding carboxylic acids is 1. The fourth-order valence-electron chi connectivity index (χ4n) is 2.73. The van der Waals surface area contributed by atoms with Gasteiger partial charge in [-0.1, -0.05) is 18.2 Å². The van der Waals surface area contributed by atoms with E-state index in [1.807, 2.05) is 42.5 Å². The number of aliphatic imine (C=N–C) groups is 1. The van der Waals surface area contributed by atoms with E-state index in [1.165, 1.54) is 6.92 Å². The van der Waals surface area contributed by atoms with Gasteiger partial charge in [-0.3, -0.25) is 9.79 Å². The number of hydrogen-bond donors (Lipinski definition) is 3. The normalized spacial score (nSPS) is 10.6. The molecule has 0 saturated carbocycles. The van der Waals surface area contributed by atoms with Crippen LogP contribution >= 0.6 is 24.0 Å². The Labute approximate surface area is 189 Å². The number of carbonyl (C=O) groups is 1. The lowest BCUT2D eigenvalue weighted by Crippen LogP contribution is -2.37. The topological polar surface area (TPSA) is 84.0 Å². The average molecular weight is 512 g/mol. The molecule has 0 aromatic heterocycles. The predicted molar refractivity (Wildman–Crippen MR) is 128 cm³/mol. The number of rotatable bonds is 8. The van der Waals surface area contributed by atoms with Crippen LogP contribution in [0, 0.1) is 0 Å². The van der Waals surface area contributed by atoms with Crippen molar-refractivity contribution in [1.82, 2.24) is 10.6 Å². The molecule has 3 N–H and O–H groups in total. The zero-order chi connectivity index (χ0) is 20.4. The van der Waals surface area contributed by atoms with Crippen molar-refractivity contribution in [3.8, 4) is 11.5 Å². The summed E-state index contributed by atoms with van der Waals surface area (Å²) in [7, 11) is 4.99. The van der Waals surface area contributed by atoms with Crippen LogP contribution in [0.25, 0.3) is 0 Å². The molecule has 0 fully saturated rings. The highest BCUT2D eigenvalue weighted by Gasteiger charge is 2.05. The Morgan fingerprint density at radius 2 is 1.76 bits per heavy atom. The number of nitrogens with one attached hydrogen (secondary N) is 3. The monoisotopic (exact) mass is 512 g/mol. The van der Waals surface area contributed by atoms with E-state index in [2.05, 4.69) is 20.9 Å². The number of ether oxygens (including phenoxy) is 2. The molecule has 0 spiro atoms. The molecule has 0 unspecified atom stereocenters. The van der Waals surface area contributed by atoms with Gasteiger partial charge in [-0.2, -0.15) is 0 Å². The van der Waals surface area contributed by atoms with Crippen molar-refractivity contribution in [2.45, 2.75) is 19.9 Å². The van der Waals surface area contributed by atoms with Crippen LogP contribution in [0.5, 0.6) is 11.5 Å². The number of hydrogen-bond acceptors (Lipinski definition) is 4. The summed E-state index contributed by atoms with van der Waals surface area (Å²) in [5.41, 5.74) is 2.97. The summed E-state index contributed by atoms with van der Waals surface area (Å²) in [5.74, 6) is 2.07. The zero-order valence-electron chi connectivity index (χ0n) is 17.2. The van der Waals surface area contributed by atoms with Crippen molar-refractivity contribution < 1.29 is 14.3 Å². The predicted octanol–water partition coefficient (Wildman–Crippen LogP) is 3.19. The maximum absolute atomic E-state index is 11.2. The van der Waals surface area contributed by atoms with Crippen molar-refractivity contribution in [3.05, 3.63) is 53.6 Å². The van der Waals surface area contributed by atoms with Crippen molar-refractivity contribution in [2.75, 3.05) is 33.1 Å². The largest absolute Gasteiger partial charge is 0.493 e. The molecule has 2 aromatic carbocycles. The molecular formula is C21H29IN4O3. The Hall–Kier alpha value is -2.49. The third kappa shape index (κ3) is 8.18. The third-order valence-corrected chi connectivity index (χ3v) is 4.08. The van der Waals surface area contributed by atoms with Gasteiger partial charge in [0.05, 0.1) is 14.2 Å². The minimum atomic E-state index is -0.0854. The smallest absolute Gasteiger partial charge is 0.221 e. The van der Waals surface area contributed by atoms with Crippen molar-refractivity contribution >= 4 is 41.5 Å². The quantitative estimate of drug-likeness (QED) is 0.288. The molecule has 1 amide bonds. The van der Waals surface area contributed by atoms with Gasteiger partial charge in [0, 0.05) is 32.7 Å². The Bertz CT molecular complexity index is 827. The number of methoxy groups -OCH3 is 2. The molecule has 2 rings (SSSR count). The van der Waals surface area contributed by atoms with Gasteiger partial charge in [-0.25, -0.2) is 0 Å². The summed E-state index contributed by atoms with van der Waals surface area (Å²) >= 11 is 0. The first-order chi connectivity index (χ1) is 13.5. The molecule has 0 heterocycles. The average Bonchev–Trinajstić information content (AvgIpc) is 2.70. The minimum Gasteiger partial charge on any atom is -0.493 e. The third-order valence-electron chi connectivity index (χ3n) is 4.08. The maximum atomic E-state index is 11.2. The Morgan fingerprint density at radius 1 is 1.00 bits per heavy atom. The van der Waals surface area contributed by atoms with E-state index in [4.69, 9.17) is 9.47 Å². The molecule has 0 radical (unpaired) electrons. The molecule has 0 atom stereocenters. The van der Waals surface area contributed by atoms with E-state index in [0.717, 1.165) is 41.3 Å². The van der Waals surface area contributed by atoms with Gasteiger partial charge >= 0.3 is 0 Å². The van der Waals surface area contributed by atoms with E-state index < -0.39 is 0 Å². The van der Waals surface area contributed by atoms with Crippen LogP contribution in [0.2, 0.25) is 0 Å². The minimum absolute atomic E-state index is 0. The van der Waals surface area contributed by atoms with Crippen LogP contribution in [0.1, 0.15) is 18.1 Å². The van der Waals surface area contributed by atoms with Crippen molar-refractivity contribution in [3.63, 3.8) is 0 Å². The lowest BCUT2D eigenvalue weighted by Gasteiger charge is -2.13. The highest BCUT2D eigenvalue weighted by atomic mass is 127. The first-order valence-electron chi connectivity index (χ1n) is 9.07.